The van der Waals surface area contributed by atoms with Crippen molar-refractivity contribution in [2.45, 2.75) is 19.5 Å². The molecule has 0 aliphatic rings. The fourth-order valence-electron chi connectivity index (χ4n) is 1.47. The molecule has 1 rings (SSSR count). The van der Waals surface area contributed by atoms with Crippen molar-refractivity contribution in [3.8, 4) is 6.07 Å². The fourth-order valence-corrected chi connectivity index (χ4v) is 2.29. The first-order valence-electron chi connectivity index (χ1n) is 5.25. The minimum absolute atomic E-state index is 0.0519. The Bertz CT molecular complexity index is 456. The Hall–Kier alpha value is -1.25. The normalized spacial score (nSPS) is 14.0. The van der Waals surface area contributed by atoms with Crippen LogP contribution < -0.4 is 5.32 Å². The zero-order chi connectivity index (χ0) is 12.8. The molecule has 2 unspecified atom stereocenters. The number of rotatable bonds is 5. The van der Waals surface area contributed by atoms with E-state index in [1.54, 1.807) is 18.4 Å². The first kappa shape index (κ1) is 13.8. The fraction of sp³-hybridized carbons (Fsp3) is 0.417. The van der Waals surface area contributed by atoms with Crippen molar-refractivity contribution < 1.29 is 8.60 Å². The minimum Gasteiger partial charge on any atom is -0.309 e. The Morgan fingerprint density at radius 1 is 1.59 bits per heavy atom. The summed E-state index contributed by atoms with van der Waals surface area (Å²) in [7, 11) is -0.838. The van der Waals surface area contributed by atoms with Crippen LogP contribution in [0.25, 0.3) is 0 Å². The van der Waals surface area contributed by atoms with E-state index in [0.29, 0.717) is 12.3 Å². The lowest BCUT2D eigenvalue weighted by atomic mass is 10.1. The maximum atomic E-state index is 13.1. The second kappa shape index (κ2) is 6.48. The van der Waals surface area contributed by atoms with Gasteiger partial charge in [-0.1, -0.05) is 6.07 Å². The van der Waals surface area contributed by atoms with Crippen LogP contribution in [0.2, 0.25) is 0 Å². The number of nitrogens with one attached hydrogen (secondary N) is 1. The van der Waals surface area contributed by atoms with Crippen LogP contribution in [0.3, 0.4) is 0 Å². The predicted molar refractivity (Wildman–Crippen MR) is 66.4 cm³/mol. The highest BCUT2D eigenvalue weighted by atomic mass is 32.2. The van der Waals surface area contributed by atoms with Gasteiger partial charge in [-0.3, -0.25) is 4.21 Å². The van der Waals surface area contributed by atoms with E-state index in [9.17, 15) is 8.60 Å². The van der Waals surface area contributed by atoms with Gasteiger partial charge in [0.25, 0.3) is 0 Å². The van der Waals surface area contributed by atoms with Gasteiger partial charge >= 0.3 is 0 Å². The van der Waals surface area contributed by atoms with Crippen molar-refractivity contribution in [2.75, 3.05) is 12.0 Å². The van der Waals surface area contributed by atoms with E-state index in [1.165, 1.54) is 12.1 Å². The molecule has 1 aromatic carbocycles. The molecule has 0 bridgehead atoms. The van der Waals surface area contributed by atoms with Crippen molar-refractivity contribution in [1.82, 2.24) is 5.32 Å². The summed E-state index contributed by atoms with van der Waals surface area (Å²) in [6.45, 7) is 2.48. The average Bonchev–Trinajstić information content (AvgIpc) is 2.27. The topological polar surface area (TPSA) is 52.9 Å². The monoisotopic (exact) mass is 254 g/mol. The third-order valence-electron chi connectivity index (χ3n) is 2.29. The van der Waals surface area contributed by atoms with E-state index < -0.39 is 16.6 Å². The van der Waals surface area contributed by atoms with E-state index in [4.69, 9.17) is 5.26 Å². The molecular weight excluding hydrogens is 239 g/mol. The Labute approximate surface area is 103 Å². The first-order valence-corrected chi connectivity index (χ1v) is 6.97. The molecule has 5 heteroatoms. The summed E-state index contributed by atoms with van der Waals surface area (Å²) < 4.78 is 24.0. The van der Waals surface area contributed by atoms with Gasteiger partial charge in [-0.2, -0.15) is 5.26 Å². The third-order valence-corrected chi connectivity index (χ3v) is 3.26. The van der Waals surface area contributed by atoms with Crippen molar-refractivity contribution in [1.29, 1.82) is 5.26 Å². The zero-order valence-electron chi connectivity index (χ0n) is 9.87. The summed E-state index contributed by atoms with van der Waals surface area (Å²) in [5, 5.41) is 11.9. The third kappa shape index (κ3) is 4.63. The van der Waals surface area contributed by atoms with Crippen molar-refractivity contribution in [3.05, 3.63) is 35.1 Å². The smallest absolute Gasteiger partial charge is 0.140 e. The average molecular weight is 254 g/mol. The largest absolute Gasteiger partial charge is 0.309 e. The molecule has 17 heavy (non-hydrogen) atoms. The molecule has 0 heterocycles. The van der Waals surface area contributed by atoms with Crippen LogP contribution in [0.5, 0.6) is 0 Å². The molecule has 0 aliphatic heterocycles. The van der Waals surface area contributed by atoms with E-state index in [1.807, 2.05) is 6.92 Å². The maximum Gasteiger partial charge on any atom is 0.140 e. The van der Waals surface area contributed by atoms with Gasteiger partial charge in [0.2, 0.25) is 0 Å². The summed E-state index contributed by atoms with van der Waals surface area (Å²) in [6, 6.07) is 6.38. The standard InChI is InChI=1S/C12H15FN2OS/c1-9(8-17(2)16)15-7-10-3-4-12(13)11(5-10)6-14/h3-5,9,15H,7-8H2,1-2H3. The lowest BCUT2D eigenvalue weighted by molar-refractivity contribution is 0.584. The number of halogens is 1. The second-order valence-corrected chi connectivity index (χ2v) is 5.43. The van der Waals surface area contributed by atoms with Crippen LogP contribution >= 0.6 is 0 Å². The van der Waals surface area contributed by atoms with Gasteiger partial charge in [0.1, 0.15) is 11.9 Å². The number of benzene rings is 1. The van der Waals surface area contributed by atoms with Crippen molar-refractivity contribution >= 4 is 10.8 Å². The molecular formula is C12H15FN2OS. The SMILES string of the molecule is CC(CS(C)=O)NCc1ccc(F)c(C#N)c1. The van der Waals surface area contributed by atoms with Gasteiger partial charge in [0, 0.05) is 35.4 Å². The maximum absolute atomic E-state index is 13.1. The number of nitriles is 1. The van der Waals surface area contributed by atoms with E-state index in [0.717, 1.165) is 5.56 Å². The molecule has 0 aromatic heterocycles. The van der Waals surface area contributed by atoms with Crippen LogP contribution in [0.15, 0.2) is 18.2 Å². The molecule has 1 N–H and O–H groups in total. The zero-order valence-corrected chi connectivity index (χ0v) is 10.7. The number of hydrogen-bond acceptors (Lipinski definition) is 3. The molecule has 0 fully saturated rings. The highest BCUT2D eigenvalue weighted by Crippen LogP contribution is 2.09. The molecule has 0 spiro atoms. The molecule has 0 aliphatic carbocycles. The van der Waals surface area contributed by atoms with Crippen LogP contribution in [0.4, 0.5) is 4.39 Å². The van der Waals surface area contributed by atoms with Gasteiger partial charge in [-0.25, -0.2) is 4.39 Å². The molecule has 0 amide bonds. The summed E-state index contributed by atoms with van der Waals surface area (Å²) in [5.74, 6) is 0.0747. The number of hydrogen-bond donors (Lipinski definition) is 1. The molecule has 0 radical (unpaired) electrons. The second-order valence-electron chi connectivity index (χ2n) is 3.95. The molecule has 92 valence electrons. The lowest BCUT2D eigenvalue weighted by Gasteiger charge is -2.12. The van der Waals surface area contributed by atoms with Crippen LogP contribution in [-0.4, -0.2) is 22.3 Å². The van der Waals surface area contributed by atoms with E-state index >= 15 is 0 Å². The highest BCUT2D eigenvalue weighted by molar-refractivity contribution is 7.84. The number of nitrogens with zero attached hydrogens (tertiary/aromatic N) is 1. The molecule has 1 aromatic rings. The van der Waals surface area contributed by atoms with E-state index in [2.05, 4.69) is 5.32 Å². The Morgan fingerprint density at radius 3 is 2.88 bits per heavy atom. The lowest BCUT2D eigenvalue weighted by Crippen LogP contribution is -2.30. The predicted octanol–water partition coefficient (Wildman–Crippen LogP) is 1.55. The summed E-state index contributed by atoms with van der Waals surface area (Å²) in [4.78, 5) is 0. The molecule has 0 saturated heterocycles. The van der Waals surface area contributed by atoms with Crippen LogP contribution in [0.1, 0.15) is 18.1 Å². The molecule has 2 atom stereocenters. The minimum atomic E-state index is -0.838. The summed E-state index contributed by atoms with van der Waals surface area (Å²) >= 11 is 0. The van der Waals surface area contributed by atoms with E-state index in [-0.39, 0.29) is 11.6 Å². The van der Waals surface area contributed by atoms with Gasteiger partial charge in [0.05, 0.1) is 5.56 Å². The summed E-state index contributed by atoms with van der Waals surface area (Å²) in [6.07, 6.45) is 1.66. The highest BCUT2D eigenvalue weighted by Gasteiger charge is 2.06. The summed E-state index contributed by atoms with van der Waals surface area (Å²) in [5.41, 5.74) is 0.896. The Kier molecular flexibility index (Phi) is 5.26. The first-order chi connectivity index (χ1) is 8.02. The van der Waals surface area contributed by atoms with Gasteiger partial charge in [-0.15, -0.1) is 0 Å². The molecule has 3 nitrogen and oxygen atoms in total. The van der Waals surface area contributed by atoms with Crippen molar-refractivity contribution in [2.24, 2.45) is 0 Å². The Morgan fingerprint density at radius 2 is 2.29 bits per heavy atom. The van der Waals surface area contributed by atoms with Crippen molar-refractivity contribution in [3.63, 3.8) is 0 Å². The Balaban J connectivity index is 2.58. The molecule has 0 saturated carbocycles. The van der Waals surface area contributed by atoms with Crippen LogP contribution in [0, 0.1) is 17.1 Å². The van der Waals surface area contributed by atoms with Gasteiger partial charge < -0.3 is 5.32 Å². The van der Waals surface area contributed by atoms with Gasteiger partial charge in [0.15, 0.2) is 0 Å². The quantitative estimate of drug-likeness (QED) is 0.867. The van der Waals surface area contributed by atoms with Gasteiger partial charge in [-0.05, 0) is 24.6 Å². The van der Waals surface area contributed by atoms with Crippen LogP contribution in [-0.2, 0) is 17.3 Å².